The maximum absolute atomic E-state index is 13.5. The number of guanidine groups is 1. The van der Waals surface area contributed by atoms with Crippen LogP contribution >= 0.6 is 11.6 Å². The molecule has 0 aliphatic heterocycles. The van der Waals surface area contributed by atoms with Crippen molar-refractivity contribution in [3.8, 4) is 0 Å². The molecule has 0 saturated carbocycles. The molecule has 5 N–H and O–H groups in total. The summed E-state index contributed by atoms with van der Waals surface area (Å²) < 4.78 is 33.7. The Morgan fingerprint density at radius 2 is 1.46 bits per heavy atom. The number of esters is 1. The van der Waals surface area contributed by atoms with Crippen molar-refractivity contribution in [1.82, 2.24) is 20.4 Å². The molecule has 48 heavy (non-hydrogen) atoms. The predicted molar refractivity (Wildman–Crippen MR) is 182 cm³/mol. The lowest BCUT2D eigenvalue weighted by Crippen LogP contribution is -2.55. The Balaban J connectivity index is 2.06. The third kappa shape index (κ3) is 13.1. The third-order valence-electron chi connectivity index (χ3n) is 6.70. The highest BCUT2D eigenvalue weighted by Gasteiger charge is 2.34. The summed E-state index contributed by atoms with van der Waals surface area (Å²) in [4.78, 5) is 60.9. The topological polar surface area (TPSA) is 199 Å². The molecule has 2 unspecified atom stereocenters. The Morgan fingerprint density at radius 1 is 0.917 bits per heavy atom. The molecule has 0 radical (unpaired) electrons. The van der Waals surface area contributed by atoms with Crippen molar-refractivity contribution in [3.63, 3.8) is 0 Å². The third-order valence-corrected chi connectivity index (χ3v) is 8.31. The number of hydrogen-bond acceptors (Lipinski definition) is 9. The number of hydroxylamine groups is 1. The summed E-state index contributed by atoms with van der Waals surface area (Å²) in [5, 5.41) is 3.17. The van der Waals surface area contributed by atoms with Gasteiger partial charge in [0, 0.05) is 18.6 Å². The number of hydrogen-bond donors (Lipinski definition) is 4. The average Bonchev–Trinajstić information content (AvgIpc) is 3.00. The molecule has 0 spiro atoms. The standard InChI is InChI=1S/C32H45ClN6O8S/c1-20(26(40)35-17-21-11-15-24(16-12-21)36-30(34)37-47-29(43)32(5,6)7)39(8)27(41)25(18-46-28(42)31(2,3)4)38-48(44,45)19-22-9-13-23(33)14-10-22/h9-16,20,25,38H,17-19H2,1-8H3,(H,35,40)(H3,34,36,37). The highest BCUT2D eigenvalue weighted by Crippen LogP contribution is 2.18. The van der Waals surface area contributed by atoms with Gasteiger partial charge in [0.2, 0.25) is 27.8 Å². The number of ether oxygens (including phenoxy) is 1. The van der Waals surface area contributed by atoms with Crippen LogP contribution in [0.15, 0.2) is 53.5 Å². The fraction of sp³-hybridized carbons (Fsp3) is 0.469. The molecule has 2 amide bonds. The molecule has 14 nitrogen and oxygen atoms in total. The lowest BCUT2D eigenvalue weighted by atomic mass is 9.97. The Morgan fingerprint density at radius 3 is 2.00 bits per heavy atom. The minimum Gasteiger partial charge on any atom is -0.463 e. The number of nitrogens with one attached hydrogen (secondary N) is 3. The van der Waals surface area contributed by atoms with E-state index in [1.165, 1.54) is 26.1 Å². The van der Waals surface area contributed by atoms with Gasteiger partial charge in [-0.05, 0) is 83.9 Å². The first-order valence-corrected chi connectivity index (χ1v) is 17.0. The number of halogens is 1. The fourth-order valence-electron chi connectivity index (χ4n) is 3.64. The van der Waals surface area contributed by atoms with Crippen molar-refractivity contribution in [3.05, 3.63) is 64.7 Å². The van der Waals surface area contributed by atoms with Crippen LogP contribution in [0, 0.1) is 10.8 Å². The minimum atomic E-state index is -4.10. The molecule has 2 rings (SSSR count). The van der Waals surface area contributed by atoms with Gasteiger partial charge in [-0.2, -0.15) is 10.2 Å². The van der Waals surface area contributed by atoms with Crippen LogP contribution in [0.2, 0.25) is 5.02 Å². The monoisotopic (exact) mass is 708 g/mol. The van der Waals surface area contributed by atoms with Gasteiger partial charge in [0.25, 0.3) is 0 Å². The summed E-state index contributed by atoms with van der Waals surface area (Å²) in [6.45, 7) is 10.9. The summed E-state index contributed by atoms with van der Waals surface area (Å²) >= 11 is 5.89. The maximum atomic E-state index is 13.5. The van der Waals surface area contributed by atoms with Crippen LogP contribution in [-0.2, 0) is 51.1 Å². The van der Waals surface area contributed by atoms with E-state index in [0.717, 1.165) is 4.90 Å². The molecular weight excluding hydrogens is 664 g/mol. The average molecular weight is 709 g/mol. The van der Waals surface area contributed by atoms with Crippen molar-refractivity contribution in [1.29, 1.82) is 0 Å². The molecule has 0 aliphatic carbocycles. The van der Waals surface area contributed by atoms with E-state index in [4.69, 9.17) is 26.9 Å². The highest BCUT2D eigenvalue weighted by atomic mass is 35.5. The first-order chi connectivity index (χ1) is 22.1. The van der Waals surface area contributed by atoms with Gasteiger partial charge in [-0.1, -0.05) is 35.9 Å². The van der Waals surface area contributed by atoms with E-state index >= 15 is 0 Å². The van der Waals surface area contributed by atoms with Crippen molar-refractivity contribution in [2.75, 3.05) is 13.7 Å². The molecule has 0 fully saturated rings. The molecule has 16 heteroatoms. The normalized spacial score (nSPS) is 13.6. The van der Waals surface area contributed by atoms with Crippen LogP contribution in [-0.4, -0.2) is 68.8 Å². The summed E-state index contributed by atoms with van der Waals surface area (Å²) in [5.74, 6) is -3.03. The first kappa shape index (κ1) is 40.0. The number of rotatable bonds is 12. The molecule has 0 bridgehead atoms. The van der Waals surface area contributed by atoms with E-state index < -0.39 is 69.0 Å². The van der Waals surface area contributed by atoms with Crippen LogP contribution < -0.4 is 21.3 Å². The molecule has 2 aromatic carbocycles. The summed E-state index contributed by atoms with van der Waals surface area (Å²) in [6, 6.07) is 10.3. The second-order valence-corrected chi connectivity index (χ2v) is 15.3. The number of carbonyl (C=O) groups excluding carboxylic acids is 4. The van der Waals surface area contributed by atoms with E-state index in [0.29, 0.717) is 21.8 Å². The van der Waals surface area contributed by atoms with Crippen LogP contribution in [0.3, 0.4) is 0 Å². The summed E-state index contributed by atoms with van der Waals surface area (Å²) in [6.07, 6.45) is 0. The molecule has 2 aromatic rings. The van der Waals surface area contributed by atoms with Gasteiger partial charge >= 0.3 is 11.9 Å². The van der Waals surface area contributed by atoms with E-state index in [2.05, 4.69) is 20.5 Å². The fourth-order valence-corrected chi connectivity index (χ4v) is 5.08. The van der Waals surface area contributed by atoms with Gasteiger partial charge in [0.05, 0.1) is 22.3 Å². The van der Waals surface area contributed by atoms with Gasteiger partial charge in [0.15, 0.2) is 0 Å². The number of nitrogens with zero attached hydrogens (tertiary/aromatic N) is 2. The highest BCUT2D eigenvalue weighted by molar-refractivity contribution is 7.88. The van der Waals surface area contributed by atoms with Gasteiger partial charge < -0.3 is 25.5 Å². The molecule has 264 valence electrons. The van der Waals surface area contributed by atoms with Crippen molar-refractivity contribution < 1.29 is 37.2 Å². The molecule has 0 aliphatic rings. The molecule has 0 heterocycles. The summed E-state index contributed by atoms with van der Waals surface area (Å²) in [5.41, 5.74) is 8.03. The number of aliphatic imine (C=N–C) groups is 1. The predicted octanol–water partition coefficient (Wildman–Crippen LogP) is 2.92. The van der Waals surface area contributed by atoms with Crippen LogP contribution in [0.1, 0.15) is 59.6 Å². The Labute approximate surface area is 286 Å². The second-order valence-electron chi connectivity index (χ2n) is 13.2. The SMILES string of the molecule is CC(C(=O)NCc1ccc(N=C(N)NOC(=O)C(C)(C)C)cc1)N(C)C(=O)C(COC(=O)C(C)(C)C)NS(=O)(=O)Cc1ccc(Cl)cc1. The Hall–Kier alpha value is -4.21. The van der Waals surface area contributed by atoms with Crippen molar-refractivity contribution in [2.24, 2.45) is 21.6 Å². The van der Waals surface area contributed by atoms with Crippen molar-refractivity contribution in [2.45, 2.75) is 72.8 Å². The Kier molecular flexibility index (Phi) is 13.9. The van der Waals surface area contributed by atoms with Gasteiger partial charge in [-0.15, -0.1) is 0 Å². The van der Waals surface area contributed by atoms with Gasteiger partial charge in [-0.25, -0.2) is 18.2 Å². The van der Waals surface area contributed by atoms with Crippen LogP contribution in [0.4, 0.5) is 5.69 Å². The van der Waals surface area contributed by atoms with Gasteiger partial charge in [0.1, 0.15) is 18.7 Å². The quantitative estimate of drug-likeness (QED) is 0.110. The Bertz CT molecular complexity index is 1580. The number of sulfonamides is 1. The zero-order valence-electron chi connectivity index (χ0n) is 28.4. The number of nitrogens with two attached hydrogens (primary N) is 1. The molecule has 0 saturated heterocycles. The number of likely N-dealkylation sites (N-methyl/N-ethyl adjacent to an activating group) is 1. The minimum absolute atomic E-state index is 0.104. The van der Waals surface area contributed by atoms with E-state index in [-0.39, 0.29) is 12.5 Å². The summed E-state index contributed by atoms with van der Waals surface area (Å²) in [7, 11) is -2.75. The lowest BCUT2D eigenvalue weighted by Gasteiger charge is -2.29. The largest absolute Gasteiger partial charge is 0.463 e. The lowest BCUT2D eigenvalue weighted by molar-refractivity contribution is -0.157. The zero-order valence-corrected chi connectivity index (χ0v) is 30.0. The van der Waals surface area contributed by atoms with E-state index in [1.807, 2.05) is 0 Å². The van der Waals surface area contributed by atoms with Gasteiger partial charge in [-0.3, -0.25) is 14.4 Å². The number of benzene rings is 2. The number of carbonyl (C=O) groups is 4. The first-order valence-electron chi connectivity index (χ1n) is 15.0. The van der Waals surface area contributed by atoms with E-state index in [1.54, 1.807) is 77.9 Å². The molecule has 2 atom stereocenters. The zero-order chi connectivity index (χ0) is 36.4. The van der Waals surface area contributed by atoms with Crippen LogP contribution in [0.5, 0.6) is 0 Å². The van der Waals surface area contributed by atoms with Crippen LogP contribution in [0.25, 0.3) is 0 Å². The maximum Gasteiger partial charge on any atom is 0.337 e. The second kappa shape index (κ2) is 16.8. The van der Waals surface area contributed by atoms with E-state index in [9.17, 15) is 27.6 Å². The van der Waals surface area contributed by atoms with Crippen molar-refractivity contribution >= 4 is 57.0 Å². The molecular formula is C32H45ClN6O8S. The molecule has 0 aromatic heterocycles. The number of amides is 2. The smallest absolute Gasteiger partial charge is 0.337 e.